The molecule has 1 N–H and O–H groups in total. The molecule has 2 rings (SSSR count). The standard InChI is InChI=1S/C12H17Br2NS/c1-11(2)10(12(11,3)4)15-6-7-5-8(13)9(14)16-7/h5,10,15H,6H2,1-4H3. The molecule has 1 saturated carbocycles. The van der Waals surface area contributed by atoms with Crippen molar-refractivity contribution in [1.29, 1.82) is 0 Å². The molecule has 0 aromatic carbocycles. The minimum absolute atomic E-state index is 0.415. The molecular weight excluding hydrogens is 350 g/mol. The SMILES string of the molecule is CC1(C)C(NCc2cc(Br)c(Br)s2)C1(C)C. The lowest BCUT2D eigenvalue weighted by Gasteiger charge is -2.03. The average molecular weight is 367 g/mol. The van der Waals surface area contributed by atoms with Crippen LogP contribution in [0.4, 0.5) is 0 Å². The van der Waals surface area contributed by atoms with Crippen LogP contribution in [0.1, 0.15) is 32.6 Å². The molecule has 0 aliphatic heterocycles. The average Bonchev–Trinajstić information content (AvgIpc) is 2.39. The molecule has 90 valence electrons. The molecule has 1 fully saturated rings. The number of halogens is 2. The minimum Gasteiger partial charge on any atom is -0.308 e. The minimum atomic E-state index is 0.415. The fourth-order valence-corrected chi connectivity index (χ4v) is 4.52. The van der Waals surface area contributed by atoms with Gasteiger partial charge in [-0.15, -0.1) is 11.3 Å². The smallest absolute Gasteiger partial charge is 0.0843 e. The Morgan fingerprint density at radius 1 is 1.25 bits per heavy atom. The number of nitrogens with one attached hydrogen (secondary N) is 1. The molecule has 1 aromatic rings. The van der Waals surface area contributed by atoms with Crippen LogP contribution in [-0.2, 0) is 6.54 Å². The summed E-state index contributed by atoms with van der Waals surface area (Å²) in [5.41, 5.74) is 0.831. The third-order valence-corrected chi connectivity index (χ3v) is 7.45. The highest BCUT2D eigenvalue weighted by Gasteiger charge is 2.64. The van der Waals surface area contributed by atoms with Crippen molar-refractivity contribution in [1.82, 2.24) is 5.32 Å². The Morgan fingerprint density at radius 3 is 2.19 bits per heavy atom. The van der Waals surface area contributed by atoms with Gasteiger partial charge in [0.25, 0.3) is 0 Å². The zero-order valence-corrected chi connectivity index (χ0v) is 14.0. The first-order chi connectivity index (χ1) is 7.26. The number of thiophene rings is 1. The molecule has 0 atom stereocenters. The van der Waals surface area contributed by atoms with Gasteiger partial charge in [-0.3, -0.25) is 0 Å². The van der Waals surface area contributed by atoms with Gasteiger partial charge in [0, 0.05) is 21.9 Å². The van der Waals surface area contributed by atoms with Gasteiger partial charge in [0.2, 0.25) is 0 Å². The van der Waals surface area contributed by atoms with Crippen LogP contribution >= 0.6 is 43.2 Å². The fourth-order valence-electron chi connectivity index (χ4n) is 2.39. The van der Waals surface area contributed by atoms with Crippen LogP contribution in [0.5, 0.6) is 0 Å². The molecule has 1 aliphatic carbocycles. The first-order valence-corrected chi connectivity index (χ1v) is 7.84. The van der Waals surface area contributed by atoms with Crippen molar-refractivity contribution in [3.8, 4) is 0 Å². The van der Waals surface area contributed by atoms with Gasteiger partial charge in [0.05, 0.1) is 3.79 Å². The monoisotopic (exact) mass is 365 g/mol. The van der Waals surface area contributed by atoms with Crippen molar-refractivity contribution in [2.45, 2.75) is 40.3 Å². The lowest BCUT2D eigenvalue weighted by Crippen LogP contribution is -2.21. The number of rotatable bonds is 3. The van der Waals surface area contributed by atoms with E-state index in [1.807, 2.05) is 0 Å². The summed E-state index contributed by atoms with van der Waals surface area (Å²) in [7, 11) is 0. The largest absolute Gasteiger partial charge is 0.308 e. The van der Waals surface area contributed by atoms with Crippen molar-refractivity contribution in [3.63, 3.8) is 0 Å². The number of hydrogen-bond acceptors (Lipinski definition) is 2. The Balaban J connectivity index is 1.95. The Morgan fingerprint density at radius 2 is 1.81 bits per heavy atom. The Kier molecular flexibility index (Phi) is 3.33. The second kappa shape index (κ2) is 4.08. The summed E-state index contributed by atoms with van der Waals surface area (Å²) in [6.07, 6.45) is 0. The Hall–Kier alpha value is 0.620. The lowest BCUT2D eigenvalue weighted by atomic mass is 10.0. The van der Waals surface area contributed by atoms with Gasteiger partial charge in [0.15, 0.2) is 0 Å². The molecule has 16 heavy (non-hydrogen) atoms. The predicted molar refractivity (Wildman–Crippen MR) is 77.9 cm³/mol. The quantitative estimate of drug-likeness (QED) is 0.810. The van der Waals surface area contributed by atoms with Crippen LogP contribution in [0.15, 0.2) is 14.3 Å². The van der Waals surface area contributed by atoms with E-state index in [9.17, 15) is 0 Å². The number of hydrogen-bond donors (Lipinski definition) is 1. The third-order valence-electron chi connectivity index (χ3n) is 4.20. The molecule has 0 radical (unpaired) electrons. The summed E-state index contributed by atoms with van der Waals surface area (Å²) >= 11 is 8.84. The molecule has 4 heteroatoms. The topological polar surface area (TPSA) is 12.0 Å². The van der Waals surface area contributed by atoms with Crippen molar-refractivity contribution >= 4 is 43.2 Å². The van der Waals surface area contributed by atoms with Crippen LogP contribution in [0.3, 0.4) is 0 Å². The highest BCUT2D eigenvalue weighted by Crippen LogP contribution is 2.62. The Bertz CT molecular complexity index is 376. The van der Waals surface area contributed by atoms with E-state index in [0.717, 1.165) is 11.0 Å². The molecule has 0 bridgehead atoms. The second-order valence-electron chi connectivity index (χ2n) is 5.59. The van der Waals surface area contributed by atoms with E-state index in [1.165, 1.54) is 8.66 Å². The van der Waals surface area contributed by atoms with E-state index in [4.69, 9.17) is 0 Å². The van der Waals surface area contributed by atoms with E-state index >= 15 is 0 Å². The van der Waals surface area contributed by atoms with Crippen LogP contribution in [-0.4, -0.2) is 6.04 Å². The first-order valence-electron chi connectivity index (χ1n) is 5.44. The van der Waals surface area contributed by atoms with Gasteiger partial charge in [-0.2, -0.15) is 0 Å². The van der Waals surface area contributed by atoms with Crippen LogP contribution in [0, 0.1) is 10.8 Å². The van der Waals surface area contributed by atoms with Crippen LogP contribution in [0.2, 0.25) is 0 Å². The molecule has 1 aromatic heterocycles. The maximum atomic E-state index is 3.66. The van der Waals surface area contributed by atoms with Crippen molar-refractivity contribution in [2.24, 2.45) is 10.8 Å². The highest BCUT2D eigenvalue weighted by atomic mass is 79.9. The van der Waals surface area contributed by atoms with Gasteiger partial charge >= 0.3 is 0 Å². The zero-order valence-electron chi connectivity index (χ0n) is 10.0. The van der Waals surface area contributed by atoms with Gasteiger partial charge in [-0.1, -0.05) is 27.7 Å². The molecule has 0 amide bonds. The molecule has 1 heterocycles. The van der Waals surface area contributed by atoms with Crippen molar-refractivity contribution in [3.05, 3.63) is 19.2 Å². The molecule has 0 unspecified atom stereocenters. The van der Waals surface area contributed by atoms with E-state index in [2.05, 4.69) is 70.9 Å². The fraction of sp³-hybridized carbons (Fsp3) is 0.667. The normalized spacial score (nSPS) is 22.4. The molecular formula is C12H17Br2NS. The zero-order chi connectivity index (χ0) is 12.1. The highest BCUT2D eigenvalue weighted by molar-refractivity contribution is 9.13. The maximum Gasteiger partial charge on any atom is 0.0843 e. The van der Waals surface area contributed by atoms with Crippen LogP contribution in [0.25, 0.3) is 0 Å². The molecule has 1 nitrogen and oxygen atoms in total. The van der Waals surface area contributed by atoms with E-state index in [-0.39, 0.29) is 0 Å². The summed E-state index contributed by atoms with van der Waals surface area (Å²) in [5.74, 6) is 0. The van der Waals surface area contributed by atoms with Crippen LogP contribution < -0.4 is 5.32 Å². The summed E-state index contributed by atoms with van der Waals surface area (Å²) in [4.78, 5) is 1.37. The van der Waals surface area contributed by atoms with Gasteiger partial charge in [-0.25, -0.2) is 0 Å². The molecule has 0 saturated heterocycles. The van der Waals surface area contributed by atoms with E-state index in [0.29, 0.717) is 16.9 Å². The lowest BCUT2D eigenvalue weighted by molar-refractivity contribution is 0.457. The summed E-state index contributed by atoms with van der Waals surface area (Å²) in [6, 6.07) is 2.81. The van der Waals surface area contributed by atoms with Crippen molar-refractivity contribution < 1.29 is 0 Å². The second-order valence-corrected chi connectivity index (χ2v) is 8.90. The molecule has 0 spiro atoms. The van der Waals surface area contributed by atoms with Gasteiger partial charge in [0.1, 0.15) is 0 Å². The summed E-state index contributed by atoms with van der Waals surface area (Å²) in [5, 5.41) is 3.66. The predicted octanol–water partition coefficient (Wildman–Crippen LogP) is 4.80. The summed E-state index contributed by atoms with van der Waals surface area (Å²) in [6.45, 7) is 10.3. The van der Waals surface area contributed by atoms with Crippen molar-refractivity contribution in [2.75, 3.05) is 0 Å². The van der Waals surface area contributed by atoms with Gasteiger partial charge < -0.3 is 5.32 Å². The molecule has 1 aliphatic rings. The maximum absolute atomic E-state index is 3.66. The summed E-state index contributed by atoms with van der Waals surface area (Å²) < 4.78 is 2.34. The third kappa shape index (κ3) is 2.02. The first kappa shape index (κ1) is 13.1. The Labute approximate surface area is 118 Å². The van der Waals surface area contributed by atoms with Gasteiger partial charge in [-0.05, 0) is 48.8 Å². The van der Waals surface area contributed by atoms with E-state index in [1.54, 1.807) is 11.3 Å². The van der Waals surface area contributed by atoms with E-state index < -0.39 is 0 Å².